The summed E-state index contributed by atoms with van der Waals surface area (Å²) in [4.78, 5) is 0.248. The van der Waals surface area contributed by atoms with E-state index in [2.05, 4.69) is 93.0 Å². The molecule has 2 rings (SSSR count). The van der Waals surface area contributed by atoms with Crippen LogP contribution in [0, 0.1) is 13.8 Å². The Morgan fingerprint density at radius 3 is 2.20 bits per heavy atom. The van der Waals surface area contributed by atoms with Crippen LogP contribution in [0.2, 0.25) is 0 Å². The third-order valence-electron chi connectivity index (χ3n) is 3.75. The van der Waals surface area contributed by atoms with E-state index in [9.17, 15) is 0 Å². The highest BCUT2D eigenvalue weighted by Crippen LogP contribution is 2.38. The molecule has 1 heteroatoms. The zero-order valence-electron chi connectivity index (χ0n) is 13.0. The standard InChI is InChI=1S/C19H23Br/c1-13-10-11-14(2)16(12-13)18(20)15-8-6-7-9-17(15)19(3,4)5/h6-12,18H,1-5H3. The highest BCUT2D eigenvalue weighted by Gasteiger charge is 2.22. The quantitative estimate of drug-likeness (QED) is 0.585. The fraction of sp³-hybridized carbons (Fsp3) is 0.368. The van der Waals surface area contributed by atoms with Crippen LogP contribution in [0.3, 0.4) is 0 Å². The summed E-state index contributed by atoms with van der Waals surface area (Å²) in [7, 11) is 0. The molecule has 0 bridgehead atoms. The van der Waals surface area contributed by atoms with Gasteiger partial charge in [-0.2, -0.15) is 0 Å². The number of aryl methyl sites for hydroxylation is 2. The maximum Gasteiger partial charge on any atom is 0.0650 e. The lowest BCUT2D eigenvalue weighted by molar-refractivity contribution is 0.584. The van der Waals surface area contributed by atoms with Gasteiger partial charge in [-0.25, -0.2) is 0 Å². The van der Waals surface area contributed by atoms with Gasteiger partial charge < -0.3 is 0 Å². The number of rotatable bonds is 2. The first-order chi connectivity index (χ1) is 9.30. The monoisotopic (exact) mass is 330 g/mol. The number of alkyl halides is 1. The fourth-order valence-corrected chi connectivity index (χ4v) is 3.49. The molecule has 0 aliphatic rings. The van der Waals surface area contributed by atoms with Crippen LogP contribution in [0.1, 0.15) is 53.4 Å². The summed E-state index contributed by atoms with van der Waals surface area (Å²) >= 11 is 3.92. The lowest BCUT2D eigenvalue weighted by atomic mass is 9.82. The van der Waals surface area contributed by atoms with Crippen molar-refractivity contribution >= 4 is 15.9 Å². The molecule has 0 amide bonds. The lowest BCUT2D eigenvalue weighted by Gasteiger charge is -2.26. The first-order valence-corrected chi connectivity index (χ1v) is 8.03. The van der Waals surface area contributed by atoms with Gasteiger partial charge in [-0.15, -0.1) is 0 Å². The van der Waals surface area contributed by atoms with Crippen molar-refractivity contribution in [3.05, 3.63) is 70.3 Å². The van der Waals surface area contributed by atoms with E-state index in [-0.39, 0.29) is 10.2 Å². The van der Waals surface area contributed by atoms with E-state index in [1.807, 2.05) is 0 Å². The molecule has 0 saturated carbocycles. The van der Waals surface area contributed by atoms with Crippen molar-refractivity contribution < 1.29 is 0 Å². The summed E-state index contributed by atoms with van der Waals surface area (Å²) in [5, 5.41) is 0. The SMILES string of the molecule is Cc1ccc(C)c(C(Br)c2ccccc2C(C)(C)C)c1. The largest absolute Gasteiger partial charge is 0.0786 e. The predicted molar refractivity (Wildman–Crippen MR) is 91.8 cm³/mol. The van der Waals surface area contributed by atoms with Crippen molar-refractivity contribution in [3.8, 4) is 0 Å². The van der Waals surface area contributed by atoms with Crippen LogP contribution >= 0.6 is 15.9 Å². The minimum absolute atomic E-state index is 0.153. The van der Waals surface area contributed by atoms with E-state index in [0.717, 1.165) is 0 Å². The molecule has 0 radical (unpaired) electrons. The highest BCUT2D eigenvalue weighted by atomic mass is 79.9. The average molecular weight is 331 g/mol. The Balaban J connectivity index is 2.54. The Morgan fingerprint density at radius 1 is 0.900 bits per heavy atom. The summed E-state index contributed by atoms with van der Waals surface area (Å²) < 4.78 is 0. The van der Waals surface area contributed by atoms with Crippen LogP contribution in [-0.2, 0) is 5.41 Å². The smallest absolute Gasteiger partial charge is 0.0650 e. The van der Waals surface area contributed by atoms with Crippen LogP contribution in [0.5, 0.6) is 0 Å². The van der Waals surface area contributed by atoms with Gasteiger partial charge in [0.1, 0.15) is 0 Å². The van der Waals surface area contributed by atoms with E-state index < -0.39 is 0 Å². The number of halogens is 1. The minimum atomic E-state index is 0.153. The third-order valence-corrected chi connectivity index (χ3v) is 4.74. The van der Waals surface area contributed by atoms with Gasteiger partial charge in [-0.05, 0) is 41.5 Å². The molecule has 2 aromatic rings. The first-order valence-electron chi connectivity index (χ1n) is 7.11. The minimum Gasteiger partial charge on any atom is -0.0786 e. The molecule has 2 aromatic carbocycles. The molecule has 106 valence electrons. The Morgan fingerprint density at radius 2 is 1.55 bits per heavy atom. The summed E-state index contributed by atoms with van der Waals surface area (Å²) in [6, 6.07) is 15.4. The Hall–Kier alpha value is -1.08. The second kappa shape index (κ2) is 5.73. The van der Waals surface area contributed by atoms with Gasteiger partial charge in [0.05, 0.1) is 4.83 Å². The molecular formula is C19H23Br. The third kappa shape index (κ3) is 3.15. The molecule has 1 atom stereocenters. The van der Waals surface area contributed by atoms with Crippen LogP contribution in [-0.4, -0.2) is 0 Å². The molecule has 0 heterocycles. The molecule has 0 spiro atoms. The predicted octanol–water partition coefficient (Wildman–Crippen LogP) is 6.09. The van der Waals surface area contributed by atoms with Gasteiger partial charge in [0.2, 0.25) is 0 Å². The molecule has 0 N–H and O–H groups in total. The molecule has 0 aromatic heterocycles. The summed E-state index contributed by atoms with van der Waals surface area (Å²) in [6.07, 6.45) is 0. The van der Waals surface area contributed by atoms with E-state index in [1.165, 1.54) is 27.8 Å². The number of hydrogen-bond donors (Lipinski definition) is 0. The topological polar surface area (TPSA) is 0 Å². The molecular weight excluding hydrogens is 308 g/mol. The molecule has 1 unspecified atom stereocenters. The average Bonchev–Trinajstić information content (AvgIpc) is 2.40. The first kappa shape index (κ1) is 15.3. The van der Waals surface area contributed by atoms with E-state index in [1.54, 1.807) is 0 Å². The number of benzene rings is 2. The van der Waals surface area contributed by atoms with Crippen LogP contribution in [0.25, 0.3) is 0 Å². The van der Waals surface area contributed by atoms with Crippen molar-refractivity contribution in [1.29, 1.82) is 0 Å². The van der Waals surface area contributed by atoms with Crippen LogP contribution < -0.4 is 0 Å². The Labute approximate surface area is 131 Å². The second-order valence-corrected chi connectivity index (χ2v) is 7.48. The molecule has 20 heavy (non-hydrogen) atoms. The van der Waals surface area contributed by atoms with E-state index >= 15 is 0 Å². The zero-order valence-corrected chi connectivity index (χ0v) is 14.6. The summed E-state index contributed by atoms with van der Waals surface area (Å²) in [5.41, 5.74) is 6.93. The van der Waals surface area contributed by atoms with Gasteiger partial charge in [-0.1, -0.05) is 84.7 Å². The van der Waals surface area contributed by atoms with Gasteiger partial charge >= 0.3 is 0 Å². The maximum atomic E-state index is 3.92. The van der Waals surface area contributed by atoms with Crippen LogP contribution in [0.4, 0.5) is 0 Å². The molecule has 0 saturated heterocycles. The second-order valence-electron chi connectivity index (χ2n) is 6.56. The Bertz CT molecular complexity index is 605. The fourth-order valence-electron chi connectivity index (χ4n) is 2.60. The lowest BCUT2D eigenvalue weighted by Crippen LogP contribution is -2.15. The van der Waals surface area contributed by atoms with E-state index in [0.29, 0.717) is 0 Å². The van der Waals surface area contributed by atoms with E-state index in [4.69, 9.17) is 0 Å². The van der Waals surface area contributed by atoms with Crippen LogP contribution in [0.15, 0.2) is 42.5 Å². The summed E-state index contributed by atoms with van der Waals surface area (Å²) in [6.45, 7) is 11.2. The number of hydrogen-bond acceptors (Lipinski definition) is 0. The van der Waals surface area contributed by atoms with Gasteiger partial charge in [0.25, 0.3) is 0 Å². The summed E-state index contributed by atoms with van der Waals surface area (Å²) in [5.74, 6) is 0. The zero-order chi connectivity index (χ0) is 14.9. The van der Waals surface area contributed by atoms with Crippen molar-refractivity contribution in [1.82, 2.24) is 0 Å². The van der Waals surface area contributed by atoms with Gasteiger partial charge in [-0.3, -0.25) is 0 Å². The van der Waals surface area contributed by atoms with Crippen molar-refractivity contribution in [3.63, 3.8) is 0 Å². The van der Waals surface area contributed by atoms with Crippen molar-refractivity contribution in [2.75, 3.05) is 0 Å². The van der Waals surface area contributed by atoms with Gasteiger partial charge in [0, 0.05) is 0 Å². The Kier molecular flexibility index (Phi) is 4.39. The normalized spacial score (nSPS) is 13.3. The molecule has 0 nitrogen and oxygen atoms in total. The highest BCUT2D eigenvalue weighted by molar-refractivity contribution is 9.09. The molecule has 0 aliphatic carbocycles. The maximum absolute atomic E-state index is 3.92. The van der Waals surface area contributed by atoms with Crippen molar-refractivity contribution in [2.24, 2.45) is 0 Å². The molecule has 0 aliphatic heterocycles. The molecule has 0 fully saturated rings. The van der Waals surface area contributed by atoms with Gasteiger partial charge in [0.15, 0.2) is 0 Å². The van der Waals surface area contributed by atoms with Crippen molar-refractivity contribution in [2.45, 2.75) is 44.9 Å².